The molecule has 156 valence electrons. The van der Waals surface area contributed by atoms with Gasteiger partial charge in [-0.1, -0.05) is 12.1 Å². The van der Waals surface area contributed by atoms with Gasteiger partial charge in [0, 0.05) is 25.2 Å². The van der Waals surface area contributed by atoms with E-state index in [1.165, 1.54) is 6.07 Å². The van der Waals surface area contributed by atoms with Crippen LogP contribution in [0.25, 0.3) is 5.69 Å². The molecule has 0 spiro atoms. The van der Waals surface area contributed by atoms with Gasteiger partial charge in [0.15, 0.2) is 5.96 Å². The highest BCUT2D eigenvalue weighted by Gasteiger charge is 2.44. The van der Waals surface area contributed by atoms with Crippen molar-refractivity contribution in [1.29, 1.82) is 0 Å². The zero-order valence-electron chi connectivity index (χ0n) is 17.2. The predicted molar refractivity (Wildman–Crippen MR) is 116 cm³/mol. The van der Waals surface area contributed by atoms with Gasteiger partial charge in [0.25, 0.3) is 0 Å². The molecule has 0 aliphatic heterocycles. The quantitative estimate of drug-likeness (QED) is 0.465. The number of hydrogen-bond acceptors (Lipinski definition) is 3. The van der Waals surface area contributed by atoms with Crippen LogP contribution in [0.15, 0.2) is 65.8 Å². The molecule has 0 radical (unpaired) electrons. The van der Waals surface area contributed by atoms with Crippen LogP contribution in [0.4, 0.5) is 4.39 Å². The lowest BCUT2D eigenvalue weighted by molar-refractivity contribution is 0.414. The number of benzene rings is 2. The van der Waals surface area contributed by atoms with Gasteiger partial charge in [0.1, 0.15) is 11.6 Å². The van der Waals surface area contributed by atoms with E-state index in [-0.39, 0.29) is 11.2 Å². The van der Waals surface area contributed by atoms with Crippen molar-refractivity contribution in [3.63, 3.8) is 0 Å². The Labute approximate surface area is 175 Å². The second kappa shape index (κ2) is 8.57. The molecule has 2 aromatic carbocycles. The van der Waals surface area contributed by atoms with E-state index in [0.29, 0.717) is 12.5 Å². The molecular formula is C23H26FN5O. The van der Waals surface area contributed by atoms with Crippen molar-refractivity contribution in [2.45, 2.75) is 24.8 Å². The zero-order chi connectivity index (χ0) is 21.0. The lowest BCUT2D eigenvalue weighted by Gasteiger charge is -2.19. The lowest BCUT2D eigenvalue weighted by atomic mass is 9.96. The monoisotopic (exact) mass is 407 g/mol. The number of ether oxygens (including phenoxy) is 1. The smallest absolute Gasteiger partial charge is 0.191 e. The first-order chi connectivity index (χ1) is 14.6. The van der Waals surface area contributed by atoms with Crippen LogP contribution in [-0.2, 0) is 12.0 Å². The molecule has 1 aliphatic carbocycles. The molecule has 0 bridgehead atoms. The summed E-state index contributed by atoms with van der Waals surface area (Å²) in [6.45, 7) is 1.27. The van der Waals surface area contributed by atoms with Crippen LogP contribution in [-0.4, -0.2) is 36.4 Å². The van der Waals surface area contributed by atoms with Crippen LogP contribution in [0, 0.1) is 5.82 Å². The first kappa shape index (κ1) is 19.9. The molecule has 6 nitrogen and oxygen atoms in total. The third kappa shape index (κ3) is 4.45. The average molecular weight is 407 g/mol. The van der Waals surface area contributed by atoms with E-state index in [4.69, 9.17) is 4.74 Å². The molecule has 1 saturated carbocycles. The van der Waals surface area contributed by atoms with Crippen LogP contribution in [0.1, 0.15) is 24.1 Å². The predicted octanol–water partition coefficient (Wildman–Crippen LogP) is 3.42. The van der Waals surface area contributed by atoms with E-state index in [1.54, 1.807) is 26.3 Å². The minimum atomic E-state index is -0.186. The fourth-order valence-electron chi connectivity index (χ4n) is 3.52. The summed E-state index contributed by atoms with van der Waals surface area (Å²) >= 11 is 0. The summed E-state index contributed by atoms with van der Waals surface area (Å²) in [7, 11) is 3.39. The number of nitrogens with zero attached hydrogens (tertiary/aromatic N) is 3. The summed E-state index contributed by atoms with van der Waals surface area (Å²) < 4.78 is 20.6. The SMILES string of the molecule is CN=C(NCc1ccn(-c2ccc(OC)cc2)n1)NCC1(c2cccc(F)c2)CC1. The van der Waals surface area contributed by atoms with Crippen molar-refractivity contribution in [1.82, 2.24) is 20.4 Å². The molecule has 3 aromatic rings. The van der Waals surface area contributed by atoms with Gasteiger partial charge in [-0.2, -0.15) is 5.10 Å². The minimum absolute atomic E-state index is 0.00430. The Balaban J connectivity index is 1.32. The fourth-order valence-corrected chi connectivity index (χ4v) is 3.52. The summed E-state index contributed by atoms with van der Waals surface area (Å²) in [5, 5.41) is 11.3. The molecule has 0 unspecified atom stereocenters. The summed E-state index contributed by atoms with van der Waals surface area (Å²) in [6, 6.07) is 16.6. The molecule has 0 atom stereocenters. The highest BCUT2D eigenvalue weighted by atomic mass is 19.1. The number of halogens is 1. The van der Waals surface area contributed by atoms with Crippen molar-refractivity contribution >= 4 is 5.96 Å². The van der Waals surface area contributed by atoms with Crippen LogP contribution >= 0.6 is 0 Å². The number of aliphatic imine (C=N–C) groups is 1. The second-order valence-corrected chi connectivity index (χ2v) is 7.52. The molecule has 7 heteroatoms. The summed E-state index contributed by atoms with van der Waals surface area (Å²) in [6.07, 6.45) is 4.03. The number of methoxy groups -OCH3 is 1. The number of nitrogens with one attached hydrogen (secondary N) is 2. The van der Waals surface area contributed by atoms with E-state index in [9.17, 15) is 4.39 Å². The van der Waals surface area contributed by atoms with Crippen LogP contribution in [0.3, 0.4) is 0 Å². The van der Waals surface area contributed by atoms with Crippen molar-refractivity contribution in [2.24, 2.45) is 4.99 Å². The largest absolute Gasteiger partial charge is 0.497 e. The molecule has 1 fully saturated rings. The van der Waals surface area contributed by atoms with Gasteiger partial charge in [0.2, 0.25) is 0 Å². The van der Waals surface area contributed by atoms with E-state index < -0.39 is 0 Å². The molecule has 30 heavy (non-hydrogen) atoms. The van der Waals surface area contributed by atoms with Gasteiger partial charge in [-0.05, 0) is 60.9 Å². The van der Waals surface area contributed by atoms with Gasteiger partial charge >= 0.3 is 0 Å². The van der Waals surface area contributed by atoms with E-state index in [2.05, 4.69) is 20.7 Å². The first-order valence-electron chi connectivity index (χ1n) is 10.0. The highest BCUT2D eigenvalue weighted by Crippen LogP contribution is 2.47. The van der Waals surface area contributed by atoms with Crippen LogP contribution in [0.5, 0.6) is 5.75 Å². The van der Waals surface area contributed by atoms with Gasteiger partial charge in [-0.3, -0.25) is 4.99 Å². The molecule has 0 amide bonds. The number of hydrogen-bond donors (Lipinski definition) is 2. The summed E-state index contributed by atoms with van der Waals surface area (Å²) in [4.78, 5) is 4.30. The van der Waals surface area contributed by atoms with Gasteiger partial charge in [-0.25, -0.2) is 9.07 Å². The normalized spacial score (nSPS) is 15.0. The third-order valence-corrected chi connectivity index (χ3v) is 5.53. The lowest BCUT2D eigenvalue weighted by Crippen LogP contribution is -2.41. The molecule has 0 saturated heterocycles. The summed E-state index contributed by atoms with van der Waals surface area (Å²) in [5.41, 5.74) is 2.91. The van der Waals surface area contributed by atoms with Gasteiger partial charge in [0.05, 0.1) is 25.0 Å². The minimum Gasteiger partial charge on any atom is -0.497 e. The van der Waals surface area contributed by atoms with Crippen molar-refractivity contribution in [2.75, 3.05) is 20.7 Å². The molecule has 1 aromatic heterocycles. The Morgan fingerprint density at radius 1 is 1.17 bits per heavy atom. The van der Waals surface area contributed by atoms with Crippen molar-refractivity contribution < 1.29 is 9.13 Å². The summed E-state index contributed by atoms with van der Waals surface area (Å²) in [5.74, 6) is 1.33. The number of guanidine groups is 1. The zero-order valence-corrected chi connectivity index (χ0v) is 17.2. The molecule has 2 N–H and O–H groups in total. The maximum atomic E-state index is 13.6. The Kier molecular flexibility index (Phi) is 5.70. The van der Waals surface area contributed by atoms with E-state index in [1.807, 2.05) is 47.3 Å². The van der Waals surface area contributed by atoms with Gasteiger partial charge < -0.3 is 15.4 Å². The van der Waals surface area contributed by atoms with Crippen molar-refractivity contribution in [3.05, 3.63) is 77.9 Å². The fraction of sp³-hybridized carbons (Fsp3) is 0.304. The standard InChI is InChI=1S/C23H26FN5O/c1-25-22(27-16-23(11-12-23)17-4-3-5-18(24)14-17)26-15-19-10-13-29(28-19)20-6-8-21(30-2)9-7-20/h3-10,13-14H,11-12,15-16H2,1-2H3,(H2,25,26,27). The molecule has 1 heterocycles. The number of aromatic nitrogens is 2. The number of rotatable bonds is 7. The van der Waals surface area contributed by atoms with Gasteiger partial charge in [-0.15, -0.1) is 0 Å². The highest BCUT2D eigenvalue weighted by molar-refractivity contribution is 5.79. The van der Waals surface area contributed by atoms with Crippen LogP contribution < -0.4 is 15.4 Å². The Bertz CT molecular complexity index is 1020. The van der Waals surface area contributed by atoms with Crippen molar-refractivity contribution in [3.8, 4) is 11.4 Å². The first-order valence-corrected chi connectivity index (χ1v) is 10.0. The van der Waals surface area contributed by atoms with E-state index in [0.717, 1.165) is 42.1 Å². The van der Waals surface area contributed by atoms with E-state index >= 15 is 0 Å². The topological polar surface area (TPSA) is 63.5 Å². The Morgan fingerprint density at radius 3 is 2.63 bits per heavy atom. The third-order valence-electron chi connectivity index (χ3n) is 5.53. The average Bonchev–Trinajstić information content (AvgIpc) is 3.43. The molecule has 4 rings (SSSR count). The Hall–Kier alpha value is -3.35. The maximum Gasteiger partial charge on any atom is 0.191 e. The second-order valence-electron chi connectivity index (χ2n) is 7.52. The molecule has 1 aliphatic rings. The maximum absolute atomic E-state index is 13.6. The van der Waals surface area contributed by atoms with Crippen LogP contribution in [0.2, 0.25) is 0 Å². The Morgan fingerprint density at radius 2 is 1.97 bits per heavy atom. The molecular weight excluding hydrogens is 381 g/mol.